The molecule has 0 saturated carbocycles. The first-order valence-corrected chi connectivity index (χ1v) is 6.02. The van der Waals surface area contributed by atoms with Crippen molar-refractivity contribution in [2.75, 3.05) is 0 Å². The molecule has 1 rings (SSSR count). The lowest BCUT2D eigenvalue weighted by atomic mass is 10.1. The fraction of sp³-hybridized carbons (Fsp3) is 0.273. The van der Waals surface area contributed by atoms with Gasteiger partial charge in [-0.15, -0.1) is 0 Å². The molecule has 5 heteroatoms. The number of carbonyl (C=O) groups is 1. The van der Waals surface area contributed by atoms with Gasteiger partial charge in [-0.2, -0.15) is 0 Å². The number of amides is 1. The van der Waals surface area contributed by atoms with Crippen molar-refractivity contribution >= 4 is 39.0 Å². The van der Waals surface area contributed by atoms with Crippen LogP contribution < -0.4 is 11.1 Å². The maximum Gasteiger partial charge on any atom is 0.224 e. The smallest absolute Gasteiger partial charge is 0.224 e. The summed E-state index contributed by atoms with van der Waals surface area (Å²) in [6.07, 6.45) is 0.334. The van der Waals surface area contributed by atoms with Gasteiger partial charge in [0.05, 0.1) is 17.5 Å². The number of nitrogens with one attached hydrogen (secondary N) is 1. The molecule has 0 aliphatic rings. The second-order valence-electron chi connectivity index (χ2n) is 3.49. The number of hydrogen-bond donors (Lipinski definition) is 2. The summed E-state index contributed by atoms with van der Waals surface area (Å²) in [6.45, 7) is 1.77. The third-order valence-corrected chi connectivity index (χ3v) is 2.96. The van der Waals surface area contributed by atoms with E-state index >= 15 is 0 Å². The molecular formula is C11H13BrN2OS. The van der Waals surface area contributed by atoms with E-state index in [9.17, 15) is 4.79 Å². The molecule has 0 heterocycles. The Balaban J connectivity index is 2.52. The number of halogens is 1. The fourth-order valence-corrected chi connectivity index (χ4v) is 1.47. The molecule has 0 aliphatic carbocycles. The standard InChI is InChI=1S/C11H13BrN2OS/c1-7(11(13)16)14-10(15)6-8-2-4-9(12)5-3-8/h2-5,7H,6H2,1H3,(H2,13,16)(H,14,15). The zero-order valence-electron chi connectivity index (χ0n) is 8.87. The van der Waals surface area contributed by atoms with Crippen LogP contribution in [-0.2, 0) is 11.2 Å². The van der Waals surface area contributed by atoms with E-state index < -0.39 is 0 Å². The van der Waals surface area contributed by atoms with E-state index in [2.05, 4.69) is 21.2 Å². The highest BCUT2D eigenvalue weighted by Gasteiger charge is 2.09. The number of hydrogen-bond acceptors (Lipinski definition) is 2. The normalized spacial score (nSPS) is 11.9. The lowest BCUT2D eigenvalue weighted by molar-refractivity contribution is -0.120. The molecule has 0 spiro atoms. The molecular weight excluding hydrogens is 288 g/mol. The monoisotopic (exact) mass is 300 g/mol. The van der Waals surface area contributed by atoms with Crippen LogP contribution in [0.2, 0.25) is 0 Å². The minimum absolute atomic E-state index is 0.0809. The third kappa shape index (κ3) is 4.28. The van der Waals surface area contributed by atoms with Gasteiger partial charge in [-0.1, -0.05) is 40.3 Å². The highest BCUT2D eigenvalue weighted by Crippen LogP contribution is 2.10. The molecule has 0 aromatic heterocycles. The zero-order chi connectivity index (χ0) is 12.1. The van der Waals surface area contributed by atoms with Crippen molar-refractivity contribution in [3.8, 4) is 0 Å². The van der Waals surface area contributed by atoms with Gasteiger partial charge in [-0.25, -0.2) is 0 Å². The van der Waals surface area contributed by atoms with E-state index in [4.69, 9.17) is 18.0 Å². The quantitative estimate of drug-likeness (QED) is 0.834. The van der Waals surface area contributed by atoms with E-state index in [1.165, 1.54) is 0 Å². The second-order valence-corrected chi connectivity index (χ2v) is 4.88. The molecule has 1 unspecified atom stereocenters. The van der Waals surface area contributed by atoms with E-state index in [0.29, 0.717) is 11.4 Å². The highest BCUT2D eigenvalue weighted by molar-refractivity contribution is 9.10. The van der Waals surface area contributed by atoms with Crippen LogP contribution in [0, 0.1) is 0 Å². The van der Waals surface area contributed by atoms with Crippen molar-refractivity contribution in [3.63, 3.8) is 0 Å². The Labute approximate surface area is 109 Å². The van der Waals surface area contributed by atoms with Crippen molar-refractivity contribution in [3.05, 3.63) is 34.3 Å². The van der Waals surface area contributed by atoms with Crippen LogP contribution in [0.15, 0.2) is 28.7 Å². The Morgan fingerprint density at radius 2 is 2.06 bits per heavy atom. The van der Waals surface area contributed by atoms with Crippen molar-refractivity contribution in [2.45, 2.75) is 19.4 Å². The molecule has 0 saturated heterocycles. The molecule has 0 bridgehead atoms. The molecule has 3 nitrogen and oxygen atoms in total. The van der Waals surface area contributed by atoms with Gasteiger partial charge in [0, 0.05) is 4.47 Å². The maximum absolute atomic E-state index is 11.6. The summed E-state index contributed by atoms with van der Waals surface area (Å²) in [7, 11) is 0. The first-order valence-electron chi connectivity index (χ1n) is 4.82. The Kier molecular flexibility index (Phi) is 4.89. The molecule has 16 heavy (non-hydrogen) atoms. The van der Waals surface area contributed by atoms with Crippen LogP contribution in [0.25, 0.3) is 0 Å². The second kappa shape index (κ2) is 5.96. The van der Waals surface area contributed by atoms with Crippen LogP contribution in [0.5, 0.6) is 0 Å². The summed E-state index contributed by atoms with van der Waals surface area (Å²) >= 11 is 8.11. The van der Waals surface area contributed by atoms with Crippen molar-refractivity contribution in [2.24, 2.45) is 5.73 Å². The van der Waals surface area contributed by atoms with Gasteiger partial charge in [0.2, 0.25) is 5.91 Å². The molecule has 1 atom stereocenters. The number of benzene rings is 1. The average Bonchev–Trinajstić information content (AvgIpc) is 2.21. The van der Waals surface area contributed by atoms with Crippen molar-refractivity contribution in [1.82, 2.24) is 5.32 Å². The van der Waals surface area contributed by atoms with Gasteiger partial charge in [0.15, 0.2) is 0 Å². The zero-order valence-corrected chi connectivity index (χ0v) is 11.3. The molecule has 86 valence electrons. The summed E-state index contributed by atoms with van der Waals surface area (Å²) in [5.41, 5.74) is 6.36. The van der Waals surface area contributed by atoms with Crippen LogP contribution in [0.3, 0.4) is 0 Å². The fourth-order valence-electron chi connectivity index (χ4n) is 1.15. The molecule has 3 N–H and O–H groups in total. The summed E-state index contributed by atoms with van der Waals surface area (Å²) in [5.74, 6) is -0.0809. The van der Waals surface area contributed by atoms with Crippen molar-refractivity contribution in [1.29, 1.82) is 0 Å². The Bertz CT molecular complexity index is 391. The van der Waals surface area contributed by atoms with Gasteiger partial charge in [-0.05, 0) is 24.6 Å². The summed E-state index contributed by atoms with van der Waals surface area (Å²) < 4.78 is 0.994. The largest absolute Gasteiger partial charge is 0.392 e. The SMILES string of the molecule is CC(NC(=O)Cc1ccc(Br)cc1)C(N)=S. The van der Waals surface area contributed by atoms with Gasteiger partial charge < -0.3 is 11.1 Å². The highest BCUT2D eigenvalue weighted by atomic mass is 79.9. The first kappa shape index (κ1) is 13.1. The number of thiocarbonyl (C=S) groups is 1. The predicted octanol–water partition coefficient (Wildman–Crippen LogP) is 1.78. The average molecular weight is 301 g/mol. The summed E-state index contributed by atoms with van der Waals surface area (Å²) in [5, 5.41) is 2.73. The molecule has 1 aromatic carbocycles. The van der Waals surface area contributed by atoms with Crippen LogP contribution in [-0.4, -0.2) is 16.9 Å². The van der Waals surface area contributed by atoms with E-state index in [1.54, 1.807) is 6.92 Å². The maximum atomic E-state index is 11.6. The van der Waals surface area contributed by atoms with E-state index in [0.717, 1.165) is 10.0 Å². The van der Waals surface area contributed by atoms with Gasteiger partial charge >= 0.3 is 0 Å². The molecule has 0 aliphatic heterocycles. The number of carbonyl (C=O) groups excluding carboxylic acids is 1. The van der Waals surface area contributed by atoms with E-state index in [-0.39, 0.29) is 11.9 Å². The van der Waals surface area contributed by atoms with Crippen LogP contribution in [0.4, 0.5) is 0 Å². The Morgan fingerprint density at radius 3 is 2.56 bits per heavy atom. The Morgan fingerprint density at radius 1 is 1.50 bits per heavy atom. The molecule has 1 aromatic rings. The first-order chi connectivity index (χ1) is 7.49. The Hall–Kier alpha value is -0.940. The minimum Gasteiger partial charge on any atom is -0.392 e. The number of nitrogens with two attached hydrogens (primary N) is 1. The van der Waals surface area contributed by atoms with Gasteiger partial charge in [0.25, 0.3) is 0 Å². The van der Waals surface area contributed by atoms with Gasteiger partial charge in [-0.3, -0.25) is 4.79 Å². The third-order valence-electron chi connectivity index (χ3n) is 2.08. The minimum atomic E-state index is -0.266. The van der Waals surface area contributed by atoms with Gasteiger partial charge in [0.1, 0.15) is 0 Å². The van der Waals surface area contributed by atoms with E-state index in [1.807, 2.05) is 24.3 Å². The summed E-state index contributed by atoms with van der Waals surface area (Å²) in [4.78, 5) is 11.9. The van der Waals surface area contributed by atoms with Crippen molar-refractivity contribution < 1.29 is 4.79 Å². The molecule has 1 amide bonds. The predicted molar refractivity (Wildman–Crippen MR) is 72.2 cm³/mol. The van der Waals surface area contributed by atoms with Crippen LogP contribution in [0.1, 0.15) is 12.5 Å². The summed E-state index contributed by atoms with van der Waals surface area (Å²) in [6, 6.07) is 7.33. The lowest BCUT2D eigenvalue weighted by Gasteiger charge is -2.11. The molecule has 0 fully saturated rings. The lowest BCUT2D eigenvalue weighted by Crippen LogP contribution is -2.41. The molecule has 0 radical (unpaired) electrons. The topological polar surface area (TPSA) is 55.1 Å². The number of rotatable bonds is 4. The van der Waals surface area contributed by atoms with Crippen LogP contribution >= 0.6 is 28.1 Å².